The number of hydrogen-bond acceptors (Lipinski definition) is 4. The lowest BCUT2D eigenvalue weighted by Crippen LogP contribution is -2.36. The first-order valence-electron chi connectivity index (χ1n) is 6.66. The molecule has 108 valence electrons. The number of carbonyl (C=O) groups excluding carboxylic acids is 1. The minimum Gasteiger partial charge on any atom is -0.465 e. The maximum absolute atomic E-state index is 11.4. The molecule has 0 atom stereocenters. The highest BCUT2D eigenvalue weighted by Crippen LogP contribution is 2.07. The zero-order chi connectivity index (χ0) is 14.3. The molecule has 0 spiro atoms. The van der Waals surface area contributed by atoms with E-state index in [0.29, 0.717) is 19.6 Å². The lowest BCUT2D eigenvalue weighted by atomic mass is 10.2. The summed E-state index contributed by atoms with van der Waals surface area (Å²) in [5, 5.41) is 5.88. The molecule has 0 aliphatic rings. The Bertz CT molecular complexity index is 394. The number of furan rings is 1. The number of rotatable bonds is 6. The van der Waals surface area contributed by atoms with Gasteiger partial charge in [0.05, 0.1) is 6.54 Å². The lowest BCUT2D eigenvalue weighted by molar-refractivity contribution is 0.0528. The Morgan fingerprint density at radius 1 is 1.26 bits per heavy atom. The van der Waals surface area contributed by atoms with Crippen LogP contribution in [0.5, 0.6) is 0 Å². The highest BCUT2D eigenvalue weighted by Gasteiger charge is 2.15. The molecule has 1 heterocycles. The molecule has 5 nitrogen and oxygen atoms in total. The van der Waals surface area contributed by atoms with E-state index < -0.39 is 5.60 Å². The molecule has 0 fully saturated rings. The summed E-state index contributed by atoms with van der Waals surface area (Å²) in [4.78, 5) is 11.4. The van der Waals surface area contributed by atoms with Crippen molar-refractivity contribution in [1.29, 1.82) is 0 Å². The number of hydrogen-bond donors (Lipinski definition) is 2. The Hall–Kier alpha value is -1.49. The van der Waals surface area contributed by atoms with Gasteiger partial charge in [-0.1, -0.05) is 6.92 Å². The number of ether oxygens (including phenoxy) is 1. The molecule has 0 saturated carbocycles. The van der Waals surface area contributed by atoms with Gasteiger partial charge in [0, 0.05) is 19.5 Å². The first-order valence-corrected chi connectivity index (χ1v) is 6.66. The van der Waals surface area contributed by atoms with E-state index in [1.165, 1.54) is 0 Å². The fourth-order valence-electron chi connectivity index (χ4n) is 1.49. The summed E-state index contributed by atoms with van der Waals surface area (Å²) in [5.74, 6) is 1.90. The molecule has 1 amide bonds. The van der Waals surface area contributed by atoms with Gasteiger partial charge in [-0.2, -0.15) is 0 Å². The van der Waals surface area contributed by atoms with Crippen molar-refractivity contribution in [2.24, 2.45) is 0 Å². The zero-order valence-electron chi connectivity index (χ0n) is 12.2. The van der Waals surface area contributed by atoms with Gasteiger partial charge in [-0.25, -0.2) is 4.79 Å². The fraction of sp³-hybridized carbons (Fsp3) is 0.643. The second-order valence-electron chi connectivity index (χ2n) is 5.33. The first kappa shape index (κ1) is 15.6. The van der Waals surface area contributed by atoms with Gasteiger partial charge < -0.3 is 19.8 Å². The molecule has 0 bridgehead atoms. The Morgan fingerprint density at radius 2 is 1.95 bits per heavy atom. The molecular weight excluding hydrogens is 244 g/mol. The van der Waals surface area contributed by atoms with Crippen LogP contribution in [0.15, 0.2) is 16.5 Å². The fourth-order valence-corrected chi connectivity index (χ4v) is 1.49. The van der Waals surface area contributed by atoms with Crippen LogP contribution in [-0.2, 0) is 17.7 Å². The average Bonchev–Trinajstić information content (AvgIpc) is 2.74. The molecule has 0 aliphatic carbocycles. The SMILES string of the molecule is CCc1ccc(CNCCNC(=O)OC(C)(C)C)o1. The predicted molar refractivity (Wildman–Crippen MR) is 74.0 cm³/mol. The number of amides is 1. The van der Waals surface area contributed by atoms with Crippen LogP contribution in [0.25, 0.3) is 0 Å². The largest absolute Gasteiger partial charge is 0.465 e. The Balaban J connectivity index is 2.09. The molecule has 0 aromatic carbocycles. The normalized spacial score (nSPS) is 11.4. The van der Waals surface area contributed by atoms with Crippen LogP contribution in [-0.4, -0.2) is 24.8 Å². The van der Waals surface area contributed by atoms with Gasteiger partial charge in [-0.05, 0) is 32.9 Å². The molecule has 0 radical (unpaired) electrons. The summed E-state index contributed by atoms with van der Waals surface area (Å²) < 4.78 is 10.7. The quantitative estimate of drug-likeness (QED) is 0.778. The van der Waals surface area contributed by atoms with Crippen LogP contribution in [0.1, 0.15) is 39.2 Å². The molecule has 1 aromatic rings. The second-order valence-corrected chi connectivity index (χ2v) is 5.33. The van der Waals surface area contributed by atoms with Gasteiger partial charge in [-0.3, -0.25) is 0 Å². The van der Waals surface area contributed by atoms with Crippen molar-refractivity contribution in [2.45, 2.75) is 46.3 Å². The van der Waals surface area contributed by atoms with Crippen molar-refractivity contribution in [1.82, 2.24) is 10.6 Å². The van der Waals surface area contributed by atoms with Crippen molar-refractivity contribution in [3.05, 3.63) is 23.7 Å². The standard InChI is InChI=1S/C14H24N2O3/c1-5-11-6-7-12(18-11)10-15-8-9-16-13(17)19-14(2,3)4/h6-7,15H,5,8-10H2,1-4H3,(H,16,17). The third kappa shape index (κ3) is 6.86. The molecule has 1 rings (SSSR count). The van der Waals surface area contributed by atoms with Crippen LogP contribution in [0.2, 0.25) is 0 Å². The molecule has 5 heteroatoms. The minimum atomic E-state index is -0.456. The third-order valence-electron chi connectivity index (χ3n) is 2.33. The van der Waals surface area contributed by atoms with Crippen LogP contribution in [0, 0.1) is 0 Å². The predicted octanol–water partition coefficient (Wildman–Crippen LogP) is 2.46. The average molecular weight is 268 g/mol. The van der Waals surface area contributed by atoms with Gasteiger partial charge in [0.1, 0.15) is 17.1 Å². The van der Waals surface area contributed by atoms with E-state index in [2.05, 4.69) is 17.6 Å². The molecule has 1 aromatic heterocycles. The molecule has 0 unspecified atom stereocenters. The van der Waals surface area contributed by atoms with E-state index in [1.54, 1.807) is 0 Å². The number of nitrogens with one attached hydrogen (secondary N) is 2. The minimum absolute atomic E-state index is 0.388. The van der Waals surface area contributed by atoms with Crippen molar-refractivity contribution in [2.75, 3.05) is 13.1 Å². The third-order valence-corrected chi connectivity index (χ3v) is 2.33. The first-order chi connectivity index (χ1) is 8.90. The molecule has 19 heavy (non-hydrogen) atoms. The highest BCUT2D eigenvalue weighted by atomic mass is 16.6. The molecule has 2 N–H and O–H groups in total. The maximum atomic E-state index is 11.4. The van der Waals surface area contributed by atoms with E-state index in [0.717, 1.165) is 17.9 Å². The van der Waals surface area contributed by atoms with Gasteiger partial charge in [-0.15, -0.1) is 0 Å². The summed E-state index contributed by atoms with van der Waals surface area (Å²) in [6.45, 7) is 9.43. The molecule has 0 aliphatic heterocycles. The van der Waals surface area contributed by atoms with E-state index in [4.69, 9.17) is 9.15 Å². The number of alkyl carbamates (subject to hydrolysis) is 1. The van der Waals surface area contributed by atoms with Crippen molar-refractivity contribution < 1.29 is 13.9 Å². The van der Waals surface area contributed by atoms with Crippen molar-refractivity contribution in [3.63, 3.8) is 0 Å². The van der Waals surface area contributed by atoms with Crippen molar-refractivity contribution in [3.8, 4) is 0 Å². The molecule has 0 saturated heterocycles. The smallest absolute Gasteiger partial charge is 0.407 e. The van der Waals surface area contributed by atoms with Gasteiger partial charge in [0.2, 0.25) is 0 Å². The summed E-state index contributed by atoms with van der Waals surface area (Å²) >= 11 is 0. The number of carbonyl (C=O) groups is 1. The summed E-state index contributed by atoms with van der Waals surface area (Å²) in [7, 11) is 0. The molecular formula is C14H24N2O3. The Kier molecular flexibility index (Phi) is 5.89. The summed E-state index contributed by atoms with van der Waals surface area (Å²) in [5.41, 5.74) is -0.456. The number of aryl methyl sites for hydroxylation is 1. The van der Waals surface area contributed by atoms with E-state index >= 15 is 0 Å². The van der Waals surface area contributed by atoms with Crippen LogP contribution < -0.4 is 10.6 Å². The van der Waals surface area contributed by atoms with Gasteiger partial charge in [0.15, 0.2) is 0 Å². The Labute approximate surface area is 114 Å². The van der Waals surface area contributed by atoms with E-state index in [1.807, 2.05) is 32.9 Å². The van der Waals surface area contributed by atoms with Crippen LogP contribution in [0.3, 0.4) is 0 Å². The van der Waals surface area contributed by atoms with E-state index in [-0.39, 0.29) is 6.09 Å². The Morgan fingerprint density at radius 3 is 2.53 bits per heavy atom. The van der Waals surface area contributed by atoms with Crippen LogP contribution >= 0.6 is 0 Å². The van der Waals surface area contributed by atoms with E-state index in [9.17, 15) is 4.79 Å². The van der Waals surface area contributed by atoms with Gasteiger partial charge >= 0.3 is 6.09 Å². The van der Waals surface area contributed by atoms with Crippen molar-refractivity contribution >= 4 is 6.09 Å². The monoisotopic (exact) mass is 268 g/mol. The second kappa shape index (κ2) is 7.19. The highest BCUT2D eigenvalue weighted by molar-refractivity contribution is 5.67. The topological polar surface area (TPSA) is 63.5 Å². The van der Waals surface area contributed by atoms with Gasteiger partial charge in [0.25, 0.3) is 0 Å². The van der Waals surface area contributed by atoms with Crippen LogP contribution in [0.4, 0.5) is 4.79 Å². The summed E-state index contributed by atoms with van der Waals surface area (Å²) in [6, 6.07) is 3.95. The lowest BCUT2D eigenvalue weighted by Gasteiger charge is -2.19. The maximum Gasteiger partial charge on any atom is 0.407 e. The zero-order valence-corrected chi connectivity index (χ0v) is 12.2. The summed E-state index contributed by atoms with van der Waals surface area (Å²) in [6.07, 6.45) is 0.515.